The number of likely N-dealkylation sites (N-methyl/N-ethyl adjacent to an activating group) is 2. The van der Waals surface area contributed by atoms with Gasteiger partial charge in [0, 0.05) is 38.8 Å². The molecule has 1 heterocycles. The van der Waals surface area contributed by atoms with Gasteiger partial charge >= 0.3 is 0 Å². The fourth-order valence-corrected chi connectivity index (χ4v) is 2.58. The van der Waals surface area contributed by atoms with Crippen LogP contribution in [0.1, 0.15) is 20.3 Å². The molecule has 4 heteroatoms. The molecule has 0 aliphatic carbocycles. The van der Waals surface area contributed by atoms with Gasteiger partial charge in [-0.2, -0.15) is 0 Å². The van der Waals surface area contributed by atoms with E-state index in [9.17, 15) is 0 Å². The molecule has 1 aliphatic rings. The van der Waals surface area contributed by atoms with Crippen molar-refractivity contribution in [2.75, 3.05) is 66.5 Å². The second-order valence-corrected chi connectivity index (χ2v) is 5.48. The van der Waals surface area contributed by atoms with E-state index in [4.69, 9.17) is 0 Å². The minimum atomic E-state index is 0.765. The van der Waals surface area contributed by atoms with Crippen LogP contribution in [-0.4, -0.2) is 87.2 Å². The second kappa shape index (κ2) is 8.86. The quantitative estimate of drug-likeness (QED) is 0.608. The summed E-state index contributed by atoms with van der Waals surface area (Å²) in [6, 6.07) is 0.765. The number of likely N-dealkylation sites (tertiary alicyclic amines) is 1. The van der Waals surface area contributed by atoms with Gasteiger partial charge in [-0.15, -0.1) is 0 Å². The van der Waals surface area contributed by atoms with Crippen LogP contribution < -0.4 is 5.32 Å². The Morgan fingerprint density at radius 2 is 1.89 bits per heavy atom. The Bertz CT molecular complexity index is 204. The first kappa shape index (κ1) is 15.9. The summed E-state index contributed by atoms with van der Waals surface area (Å²) in [5, 5.41) is 3.56. The Balaban J connectivity index is 1.99. The van der Waals surface area contributed by atoms with Crippen LogP contribution in [0.2, 0.25) is 0 Å². The summed E-state index contributed by atoms with van der Waals surface area (Å²) in [5.74, 6) is 0. The summed E-state index contributed by atoms with van der Waals surface area (Å²) in [5.41, 5.74) is 0. The van der Waals surface area contributed by atoms with Crippen molar-refractivity contribution in [3.63, 3.8) is 0 Å². The van der Waals surface area contributed by atoms with E-state index in [1.165, 1.54) is 32.6 Å². The van der Waals surface area contributed by atoms with Crippen LogP contribution in [0.5, 0.6) is 0 Å². The normalized spacial score (nSPS) is 21.3. The first-order valence-electron chi connectivity index (χ1n) is 7.49. The Kier molecular flexibility index (Phi) is 7.82. The van der Waals surface area contributed by atoms with Gasteiger partial charge in [0.15, 0.2) is 0 Å². The van der Waals surface area contributed by atoms with E-state index < -0.39 is 0 Å². The van der Waals surface area contributed by atoms with Crippen LogP contribution in [0, 0.1) is 0 Å². The van der Waals surface area contributed by atoms with Crippen molar-refractivity contribution in [2.45, 2.75) is 26.3 Å². The summed E-state index contributed by atoms with van der Waals surface area (Å²) in [6.07, 6.45) is 1.33. The Hall–Kier alpha value is -0.160. The van der Waals surface area contributed by atoms with Gasteiger partial charge < -0.3 is 20.0 Å². The van der Waals surface area contributed by atoms with Crippen molar-refractivity contribution in [3.05, 3.63) is 0 Å². The van der Waals surface area contributed by atoms with Gasteiger partial charge in [-0.3, -0.25) is 0 Å². The maximum Gasteiger partial charge on any atom is 0.0229 e. The third-order valence-corrected chi connectivity index (χ3v) is 4.08. The van der Waals surface area contributed by atoms with Crippen LogP contribution in [0.15, 0.2) is 0 Å². The molecule has 1 atom stereocenters. The van der Waals surface area contributed by atoms with Gasteiger partial charge in [-0.05, 0) is 40.2 Å². The first-order chi connectivity index (χ1) is 8.67. The summed E-state index contributed by atoms with van der Waals surface area (Å²) in [7, 11) is 4.38. The molecule has 0 aromatic rings. The highest BCUT2D eigenvalue weighted by atomic mass is 15.2. The van der Waals surface area contributed by atoms with Crippen molar-refractivity contribution in [3.8, 4) is 0 Å². The van der Waals surface area contributed by atoms with Crippen molar-refractivity contribution in [1.29, 1.82) is 0 Å². The smallest absolute Gasteiger partial charge is 0.0229 e. The lowest BCUT2D eigenvalue weighted by Gasteiger charge is -2.21. The fraction of sp³-hybridized carbons (Fsp3) is 1.00. The summed E-state index contributed by atoms with van der Waals surface area (Å²) in [4.78, 5) is 7.40. The lowest BCUT2D eigenvalue weighted by molar-refractivity contribution is 0.264. The van der Waals surface area contributed by atoms with E-state index in [-0.39, 0.29) is 0 Å². The van der Waals surface area contributed by atoms with E-state index in [2.05, 4.69) is 48.0 Å². The third-order valence-electron chi connectivity index (χ3n) is 4.08. The van der Waals surface area contributed by atoms with Gasteiger partial charge in [0.1, 0.15) is 0 Å². The molecule has 0 amide bonds. The maximum absolute atomic E-state index is 3.56. The van der Waals surface area contributed by atoms with E-state index in [0.29, 0.717) is 0 Å². The minimum absolute atomic E-state index is 0.765. The number of nitrogens with zero attached hydrogens (tertiary/aromatic N) is 3. The largest absolute Gasteiger partial charge is 0.314 e. The highest BCUT2D eigenvalue weighted by molar-refractivity contribution is 4.80. The number of nitrogens with one attached hydrogen (secondary N) is 1. The SMILES string of the molecule is CCN(CC)CCNCCN1CCC(N(C)C)C1. The van der Waals surface area contributed by atoms with E-state index in [1.807, 2.05) is 0 Å². The van der Waals surface area contributed by atoms with Gasteiger partial charge in [-0.25, -0.2) is 0 Å². The second-order valence-electron chi connectivity index (χ2n) is 5.48. The van der Waals surface area contributed by atoms with Crippen molar-refractivity contribution >= 4 is 0 Å². The predicted octanol–water partition coefficient (Wildman–Crippen LogP) is 0.554. The third kappa shape index (κ3) is 5.65. The molecule has 1 unspecified atom stereocenters. The molecule has 1 fully saturated rings. The van der Waals surface area contributed by atoms with Crippen LogP contribution >= 0.6 is 0 Å². The molecule has 0 aromatic carbocycles. The summed E-state index contributed by atoms with van der Waals surface area (Å²) < 4.78 is 0. The van der Waals surface area contributed by atoms with Gasteiger partial charge in [0.05, 0.1) is 0 Å². The molecule has 1 rings (SSSR count). The number of hydrogen-bond acceptors (Lipinski definition) is 4. The Labute approximate surface area is 113 Å². The molecule has 0 saturated carbocycles. The van der Waals surface area contributed by atoms with Crippen LogP contribution in [0.4, 0.5) is 0 Å². The molecule has 0 aromatic heterocycles. The first-order valence-corrected chi connectivity index (χ1v) is 7.49. The lowest BCUT2D eigenvalue weighted by Crippen LogP contribution is -2.37. The molecule has 108 valence electrons. The molecule has 1 aliphatic heterocycles. The molecule has 4 nitrogen and oxygen atoms in total. The zero-order valence-electron chi connectivity index (χ0n) is 12.8. The molecule has 0 radical (unpaired) electrons. The van der Waals surface area contributed by atoms with Crippen molar-refractivity contribution in [2.24, 2.45) is 0 Å². The van der Waals surface area contributed by atoms with Crippen LogP contribution in [-0.2, 0) is 0 Å². The van der Waals surface area contributed by atoms with Gasteiger partial charge in [0.25, 0.3) is 0 Å². The van der Waals surface area contributed by atoms with Crippen molar-refractivity contribution in [1.82, 2.24) is 20.0 Å². The average Bonchev–Trinajstić information content (AvgIpc) is 2.83. The molecular weight excluding hydrogens is 224 g/mol. The maximum atomic E-state index is 3.56. The number of rotatable bonds is 9. The van der Waals surface area contributed by atoms with Crippen LogP contribution in [0.3, 0.4) is 0 Å². The molecule has 0 spiro atoms. The van der Waals surface area contributed by atoms with E-state index in [1.54, 1.807) is 0 Å². The fourth-order valence-electron chi connectivity index (χ4n) is 2.58. The highest BCUT2D eigenvalue weighted by Crippen LogP contribution is 2.11. The van der Waals surface area contributed by atoms with Gasteiger partial charge in [0.2, 0.25) is 0 Å². The molecular formula is C14H32N4. The van der Waals surface area contributed by atoms with Crippen molar-refractivity contribution < 1.29 is 0 Å². The predicted molar refractivity (Wildman–Crippen MR) is 79.2 cm³/mol. The lowest BCUT2D eigenvalue weighted by atomic mass is 10.2. The average molecular weight is 256 g/mol. The van der Waals surface area contributed by atoms with Gasteiger partial charge in [-0.1, -0.05) is 13.8 Å². The molecule has 1 N–H and O–H groups in total. The minimum Gasteiger partial charge on any atom is -0.314 e. The molecule has 0 bridgehead atoms. The Morgan fingerprint density at radius 3 is 2.44 bits per heavy atom. The Morgan fingerprint density at radius 1 is 1.17 bits per heavy atom. The van der Waals surface area contributed by atoms with E-state index >= 15 is 0 Å². The zero-order valence-corrected chi connectivity index (χ0v) is 12.8. The standard InChI is InChI=1S/C14H32N4/c1-5-17(6-2)11-8-15-9-12-18-10-7-14(13-18)16(3)4/h14-15H,5-13H2,1-4H3. The summed E-state index contributed by atoms with van der Waals surface area (Å²) in [6.45, 7) is 13.9. The monoisotopic (exact) mass is 256 g/mol. The zero-order chi connectivity index (χ0) is 13.4. The molecule has 1 saturated heterocycles. The number of hydrogen-bond donors (Lipinski definition) is 1. The van der Waals surface area contributed by atoms with E-state index in [0.717, 1.165) is 32.2 Å². The highest BCUT2D eigenvalue weighted by Gasteiger charge is 2.22. The topological polar surface area (TPSA) is 21.8 Å². The summed E-state index contributed by atoms with van der Waals surface area (Å²) >= 11 is 0. The molecule has 18 heavy (non-hydrogen) atoms. The van der Waals surface area contributed by atoms with Crippen LogP contribution in [0.25, 0.3) is 0 Å².